The first-order chi connectivity index (χ1) is 23.4. The van der Waals surface area contributed by atoms with E-state index >= 15 is 0 Å². The Hall–Kier alpha value is -5.22. The molecule has 1 atom stereocenters. The summed E-state index contributed by atoms with van der Waals surface area (Å²) in [6, 6.07) is 21.9. The van der Waals surface area contributed by atoms with Crippen molar-refractivity contribution in [2.24, 2.45) is 0 Å². The van der Waals surface area contributed by atoms with Gasteiger partial charge in [-0.05, 0) is 73.2 Å². The summed E-state index contributed by atoms with van der Waals surface area (Å²) in [5.74, 6) is -0.292. The molecular formula is C37H35ClN6O4. The highest BCUT2D eigenvalue weighted by atomic mass is 35.5. The van der Waals surface area contributed by atoms with E-state index in [4.69, 9.17) is 16.0 Å². The van der Waals surface area contributed by atoms with Gasteiger partial charge in [-0.15, -0.1) is 0 Å². The number of piperidine rings is 1. The molecule has 2 fully saturated rings. The first-order valence-corrected chi connectivity index (χ1v) is 16.6. The molecule has 2 aliphatic heterocycles. The van der Waals surface area contributed by atoms with Crippen molar-refractivity contribution in [1.29, 1.82) is 0 Å². The number of aromatic nitrogens is 3. The van der Waals surface area contributed by atoms with Gasteiger partial charge in [0.1, 0.15) is 18.2 Å². The summed E-state index contributed by atoms with van der Waals surface area (Å²) >= 11 is 6.14. The summed E-state index contributed by atoms with van der Waals surface area (Å²) in [6.07, 6.45) is 8.87. The van der Waals surface area contributed by atoms with Gasteiger partial charge in [0.15, 0.2) is 11.2 Å². The fourth-order valence-electron chi connectivity index (χ4n) is 6.52. The molecule has 2 saturated heterocycles. The third-order valence-corrected chi connectivity index (χ3v) is 9.26. The number of likely N-dealkylation sites (tertiary alicyclic amines) is 1. The zero-order valence-corrected chi connectivity index (χ0v) is 27.1. The van der Waals surface area contributed by atoms with Crippen molar-refractivity contribution in [3.63, 3.8) is 0 Å². The minimum atomic E-state index is -0.465. The van der Waals surface area contributed by atoms with Crippen molar-refractivity contribution in [3.8, 4) is 5.69 Å². The van der Waals surface area contributed by atoms with Crippen LogP contribution in [-0.2, 0) is 17.8 Å². The highest BCUT2D eigenvalue weighted by Gasteiger charge is 2.24. The summed E-state index contributed by atoms with van der Waals surface area (Å²) in [4.78, 5) is 47.3. The van der Waals surface area contributed by atoms with Crippen LogP contribution in [0.25, 0.3) is 16.7 Å². The lowest BCUT2D eigenvalue weighted by Gasteiger charge is -2.33. The SMILES string of the molecule is O=C(N[C@H](C=C1CCN(c2ccccc2CN2CCCC2=O)CC1)Cc1ccc(Cl)cc1)c1cc(=O)c2cc(-n3cncn3)ccc2o1. The number of carbonyl (C=O) groups excluding carboxylic acids is 2. The molecule has 3 aromatic carbocycles. The minimum absolute atomic E-state index is 0.0524. The molecule has 0 bridgehead atoms. The van der Waals surface area contributed by atoms with Crippen LogP contribution in [-0.4, -0.2) is 57.2 Å². The van der Waals surface area contributed by atoms with Crippen LogP contribution in [0.5, 0.6) is 0 Å². The van der Waals surface area contributed by atoms with E-state index in [2.05, 4.69) is 44.6 Å². The van der Waals surface area contributed by atoms with E-state index in [-0.39, 0.29) is 23.1 Å². The third kappa shape index (κ3) is 7.03. The second kappa shape index (κ2) is 13.9. The van der Waals surface area contributed by atoms with Crippen molar-refractivity contribution in [1.82, 2.24) is 25.0 Å². The van der Waals surface area contributed by atoms with E-state index in [0.29, 0.717) is 41.1 Å². The Morgan fingerprint density at radius 2 is 1.79 bits per heavy atom. The quantitative estimate of drug-likeness (QED) is 0.201. The second-order valence-corrected chi connectivity index (χ2v) is 12.7. The van der Waals surface area contributed by atoms with Crippen molar-refractivity contribution < 1.29 is 14.0 Å². The first-order valence-electron chi connectivity index (χ1n) is 16.2. The van der Waals surface area contributed by atoms with Gasteiger partial charge in [0, 0.05) is 49.4 Å². The number of carbonyl (C=O) groups is 2. The molecule has 0 spiro atoms. The van der Waals surface area contributed by atoms with E-state index < -0.39 is 5.91 Å². The van der Waals surface area contributed by atoms with Crippen LogP contribution in [0.1, 0.15) is 47.4 Å². The Balaban J connectivity index is 1.08. The number of hydrogen-bond acceptors (Lipinski definition) is 7. The number of benzene rings is 3. The molecule has 11 heteroatoms. The standard InChI is InChI=1S/C37H35ClN6O4/c38-28-9-7-25(8-10-28)18-29(41-37(47)35-21-33(45)31-20-30(11-12-34(31)48-35)44-24-39-23-40-44)19-26-13-16-42(17-14-26)32-5-2-1-4-27(32)22-43-15-3-6-36(43)46/h1-2,4-5,7-12,19-21,23-24,29H,3,6,13-18,22H2,(H,41,47)/t29-/m0/s1. The fourth-order valence-corrected chi connectivity index (χ4v) is 6.65. The molecule has 0 saturated carbocycles. The second-order valence-electron chi connectivity index (χ2n) is 12.3. The smallest absolute Gasteiger partial charge is 0.287 e. The normalized spacial score (nSPS) is 15.6. The lowest BCUT2D eigenvalue weighted by molar-refractivity contribution is -0.128. The maximum absolute atomic E-state index is 13.6. The van der Waals surface area contributed by atoms with Gasteiger partial charge < -0.3 is 19.5 Å². The van der Waals surface area contributed by atoms with E-state index in [0.717, 1.165) is 44.5 Å². The van der Waals surface area contributed by atoms with Gasteiger partial charge >= 0.3 is 0 Å². The third-order valence-electron chi connectivity index (χ3n) is 9.01. The van der Waals surface area contributed by atoms with E-state index in [1.54, 1.807) is 29.2 Å². The van der Waals surface area contributed by atoms with Crippen LogP contribution in [0.15, 0.2) is 106 Å². The first kappa shape index (κ1) is 31.4. The van der Waals surface area contributed by atoms with Crippen LogP contribution in [0.3, 0.4) is 0 Å². The Morgan fingerprint density at radius 1 is 0.979 bits per heavy atom. The van der Waals surface area contributed by atoms with Crippen LogP contribution < -0.4 is 15.6 Å². The maximum atomic E-state index is 13.6. The van der Waals surface area contributed by atoms with Gasteiger partial charge in [-0.1, -0.05) is 53.6 Å². The molecule has 48 heavy (non-hydrogen) atoms. The van der Waals surface area contributed by atoms with Crippen LogP contribution in [0.2, 0.25) is 5.02 Å². The van der Waals surface area contributed by atoms with Gasteiger partial charge in [0.25, 0.3) is 5.91 Å². The predicted octanol–water partition coefficient (Wildman–Crippen LogP) is 5.72. The highest BCUT2D eigenvalue weighted by Crippen LogP contribution is 2.29. The molecule has 0 radical (unpaired) electrons. The number of amides is 2. The zero-order valence-electron chi connectivity index (χ0n) is 26.3. The number of fused-ring (bicyclic) bond motifs is 1. The Morgan fingerprint density at radius 3 is 2.54 bits per heavy atom. The van der Waals surface area contributed by atoms with Crippen molar-refractivity contribution in [2.45, 2.75) is 44.7 Å². The Bertz CT molecular complexity index is 2030. The lowest BCUT2D eigenvalue weighted by Crippen LogP contribution is -2.37. The molecular weight excluding hydrogens is 628 g/mol. The van der Waals surface area contributed by atoms with Crippen LogP contribution in [0.4, 0.5) is 5.69 Å². The number of nitrogens with one attached hydrogen (secondary N) is 1. The molecule has 2 aliphatic rings. The molecule has 0 aliphatic carbocycles. The average molecular weight is 663 g/mol. The van der Waals surface area contributed by atoms with Crippen molar-refractivity contribution >= 4 is 40.1 Å². The molecule has 10 nitrogen and oxygen atoms in total. The number of anilines is 1. The molecule has 4 heterocycles. The molecule has 1 N–H and O–H groups in total. The molecule has 2 amide bonds. The van der Waals surface area contributed by atoms with E-state index in [9.17, 15) is 14.4 Å². The number of para-hydroxylation sites is 1. The summed E-state index contributed by atoms with van der Waals surface area (Å²) in [7, 11) is 0. The summed E-state index contributed by atoms with van der Waals surface area (Å²) in [5, 5.41) is 8.21. The lowest BCUT2D eigenvalue weighted by atomic mass is 9.97. The Kier molecular flexibility index (Phi) is 9.07. The zero-order chi connectivity index (χ0) is 33.0. The maximum Gasteiger partial charge on any atom is 0.287 e. The van der Waals surface area contributed by atoms with Gasteiger partial charge in [-0.2, -0.15) is 5.10 Å². The predicted molar refractivity (Wildman–Crippen MR) is 184 cm³/mol. The summed E-state index contributed by atoms with van der Waals surface area (Å²) in [5.41, 5.74) is 5.25. The Labute approximate surface area is 282 Å². The van der Waals surface area contributed by atoms with Gasteiger partial charge in [-0.3, -0.25) is 14.4 Å². The molecule has 0 unspecified atom stereocenters. The van der Waals surface area contributed by atoms with E-state index in [1.807, 2.05) is 35.2 Å². The number of halogens is 1. The molecule has 5 aromatic rings. The van der Waals surface area contributed by atoms with Gasteiger partial charge in [0.05, 0.1) is 17.1 Å². The fraction of sp³-hybridized carbons (Fsp3) is 0.270. The summed E-state index contributed by atoms with van der Waals surface area (Å²) in [6.45, 7) is 3.11. The van der Waals surface area contributed by atoms with E-state index in [1.165, 1.54) is 29.2 Å². The van der Waals surface area contributed by atoms with Crippen molar-refractivity contribution in [3.05, 3.63) is 129 Å². The highest BCUT2D eigenvalue weighted by molar-refractivity contribution is 6.30. The van der Waals surface area contributed by atoms with Gasteiger partial charge in [-0.25, -0.2) is 9.67 Å². The molecule has 2 aromatic heterocycles. The molecule has 244 valence electrons. The molecule has 7 rings (SSSR count). The van der Waals surface area contributed by atoms with Crippen LogP contribution >= 0.6 is 11.6 Å². The minimum Gasteiger partial charge on any atom is -0.451 e. The summed E-state index contributed by atoms with van der Waals surface area (Å²) < 4.78 is 7.49. The number of hydrogen-bond donors (Lipinski definition) is 1. The van der Waals surface area contributed by atoms with Gasteiger partial charge in [0.2, 0.25) is 5.91 Å². The monoisotopic (exact) mass is 662 g/mol. The topological polar surface area (TPSA) is 114 Å². The number of nitrogens with zero attached hydrogens (tertiary/aromatic N) is 5. The van der Waals surface area contributed by atoms with Crippen molar-refractivity contribution in [2.75, 3.05) is 24.5 Å². The largest absolute Gasteiger partial charge is 0.451 e. The average Bonchev–Trinajstić information content (AvgIpc) is 3.79. The number of rotatable bonds is 9. The van der Waals surface area contributed by atoms with Crippen LogP contribution in [0, 0.1) is 0 Å².